The zero-order valence-corrected chi connectivity index (χ0v) is 17.7. The Labute approximate surface area is 188 Å². The van der Waals surface area contributed by atoms with Crippen molar-refractivity contribution >= 4 is 46.9 Å². The molecule has 0 atom stereocenters. The normalized spacial score (nSPS) is 11.4. The Hall–Kier alpha value is -2.49. The van der Waals surface area contributed by atoms with Gasteiger partial charge in [-0.25, -0.2) is 14.2 Å². The number of aromatic carboxylic acids is 1. The number of nitrogens with zero attached hydrogens (tertiary/aromatic N) is 2. The number of hydrogen-bond acceptors (Lipinski definition) is 4. The van der Waals surface area contributed by atoms with Crippen LogP contribution in [-0.2, 0) is 12.7 Å². The van der Waals surface area contributed by atoms with Gasteiger partial charge in [0, 0.05) is 11.1 Å². The number of rotatable bonds is 6. The van der Waals surface area contributed by atoms with Crippen molar-refractivity contribution in [3.05, 3.63) is 87.3 Å². The maximum Gasteiger partial charge on any atom is 0.417 e. The Kier molecular flexibility index (Phi) is 6.98. The molecule has 1 heterocycles. The largest absolute Gasteiger partial charge is 0.478 e. The van der Waals surface area contributed by atoms with Crippen LogP contribution in [0.4, 0.5) is 23.4 Å². The van der Waals surface area contributed by atoms with Crippen molar-refractivity contribution in [1.82, 2.24) is 4.98 Å². The van der Waals surface area contributed by atoms with Crippen LogP contribution in [0.2, 0.25) is 10.0 Å². The fraction of sp³-hybridized carbons (Fsp3) is 0.100. The van der Waals surface area contributed by atoms with Crippen LogP contribution in [0, 0.1) is 5.82 Å². The Balaban J connectivity index is 1.97. The lowest BCUT2D eigenvalue weighted by Gasteiger charge is -2.24. The molecule has 0 bridgehead atoms. The SMILES string of the molecule is O=C(O)c1ccc(SN(Cc2ccc(F)c(Cl)c2)c2ncc(C(F)(F)F)cc2Cl)cc1. The molecular formula is C20H12Cl2F4N2O2S. The monoisotopic (exact) mass is 490 g/mol. The van der Waals surface area contributed by atoms with Gasteiger partial charge in [-0.15, -0.1) is 0 Å². The Morgan fingerprint density at radius 2 is 1.74 bits per heavy atom. The molecule has 2 aromatic carbocycles. The van der Waals surface area contributed by atoms with Gasteiger partial charge in [0.05, 0.1) is 27.7 Å². The summed E-state index contributed by atoms with van der Waals surface area (Å²) >= 11 is 13.0. The van der Waals surface area contributed by atoms with Crippen molar-refractivity contribution in [2.45, 2.75) is 17.6 Å². The minimum atomic E-state index is -4.61. The highest BCUT2D eigenvalue weighted by Gasteiger charge is 2.32. The Morgan fingerprint density at radius 1 is 1.06 bits per heavy atom. The standard InChI is InChI=1S/C20H12Cl2F4N2O2S/c21-15-7-11(1-6-17(15)23)10-28(31-14-4-2-12(3-5-14)19(29)30)18-16(22)8-13(9-27-18)20(24,25)26/h1-9H,10H2,(H,29,30). The van der Waals surface area contributed by atoms with E-state index in [1.54, 1.807) is 0 Å². The van der Waals surface area contributed by atoms with Gasteiger partial charge in [-0.2, -0.15) is 13.2 Å². The van der Waals surface area contributed by atoms with E-state index in [0.717, 1.165) is 18.0 Å². The molecule has 3 rings (SSSR count). The van der Waals surface area contributed by atoms with Gasteiger partial charge in [0.1, 0.15) is 5.82 Å². The van der Waals surface area contributed by atoms with Crippen molar-refractivity contribution in [3.8, 4) is 0 Å². The number of hydrogen-bond donors (Lipinski definition) is 1. The van der Waals surface area contributed by atoms with E-state index < -0.39 is 23.5 Å². The van der Waals surface area contributed by atoms with Gasteiger partial charge < -0.3 is 5.11 Å². The molecule has 0 aliphatic heterocycles. The zero-order chi connectivity index (χ0) is 22.8. The number of carboxylic acid groups (broad SMARTS) is 1. The summed E-state index contributed by atoms with van der Waals surface area (Å²) in [6.07, 6.45) is -3.94. The lowest BCUT2D eigenvalue weighted by atomic mass is 10.2. The van der Waals surface area contributed by atoms with Gasteiger partial charge >= 0.3 is 12.1 Å². The highest BCUT2D eigenvalue weighted by Crippen LogP contribution is 2.38. The smallest absolute Gasteiger partial charge is 0.417 e. The van der Waals surface area contributed by atoms with Crippen molar-refractivity contribution < 1.29 is 27.5 Å². The first kappa shape index (κ1) is 23.2. The molecule has 0 aliphatic rings. The van der Waals surface area contributed by atoms with E-state index >= 15 is 0 Å². The fourth-order valence-corrected chi connectivity index (χ4v) is 3.99. The van der Waals surface area contributed by atoms with Gasteiger partial charge in [-0.1, -0.05) is 29.3 Å². The van der Waals surface area contributed by atoms with Crippen molar-refractivity contribution in [2.24, 2.45) is 0 Å². The topological polar surface area (TPSA) is 53.4 Å². The number of anilines is 1. The third-order valence-electron chi connectivity index (χ3n) is 4.01. The summed E-state index contributed by atoms with van der Waals surface area (Å²) in [5.74, 6) is -1.66. The van der Waals surface area contributed by atoms with Crippen LogP contribution in [0.3, 0.4) is 0 Å². The zero-order valence-electron chi connectivity index (χ0n) is 15.3. The number of carbonyl (C=O) groups is 1. The van der Waals surface area contributed by atoms with Crippen LogP contribution in [0.5, 0.6) is 0 Å². The molecule has 0 saturated heterocycles. The van der Waals surface area contributed by atoms with Crippen molar-refractivity contribution in [3.63, 3.8) is 0 Å². The van der Waals surface area contributed by atoms with Crippen LogP contribution < -0.4 is 4.31 Å². The van der Waals surface area contributed by atoms with E-state index in [2.05, 4.69) is 4.98 Å². The third kappa shape index (κ3) is 5.81. The maximum absolute atomic E-state index is 13.5. The molecule has 0 unspecified atom stereocenters. The minimum absolute atomic E-state index is 0.0439. The first-order chi connectivity index (χ1) is 14.5. The molecule has 4 nitrogen and oxygen atoms in total. The van der Waals surface area contributed by atoms with Crippen molar-refractivity contribution in [1.29, 1.82) is 0 Å². The summed E-state index contributed by atoms with van der Waals surface area (Å²) < 4.78 is 53.9. The van der Waals surface area contributed by atoms with Gasteiger partial charge in [-0.3, -0.25) is 4.31 Å². The highest BCUT2D eigenvalue weighted by atomic mass is 35.5. The number of pyridine rings is 1. The number of alkyl halides is 3. The second-order valence-corrected chi connectivity index (χ2v) is 8.14. The molecule has 11 heteroatoms. The van der Waals surface area contributed by atoms with E-state index in [1.807, 2.05) is 0 Å². The highest BCUT2D eigenvalue weighted by molar-refractivity contribution is 8.00. The van der Waals surface area contributed by atoms with E-state index in [0.29, 0.717) is 16.7 Å². The molecule has 1 aromatic heterocycles. The van der Waals surface area contributed by atoms with Crippen LogP contribution in [0.1, 0.15) is 21.5 Å². The molecule has 162 valence electrons. The van der Waals surface area contributed by atoms with Crippen LogP contribution in [-0.4, -0.2) is 16.1 Å². The first-order valence-corrected chi connectivity index (χ1v) is 10.0. The molecule has 0 spiro atoms. The molecular weight excluding hydrogens is 479 g/mol. The van der Waals surface area contributed by atoms with Gasteiger partial charge in [0.2, 0.25) is 0 Å². The van der Waals surface area contributed by atoms with Crippen LogP contribution >= 0.6 is 35.1 Å². The molecule has 0 radical (unpaired) electrons. The molecule has 3 aromatic rings. The lowest BCUT2D eigenvalue weighted by Crippen LogP contribution is -2.17. The summed E-state index contributed by atoms with van der Waals surface area (Å²) in [7, 11) is 0. The summed E-state index contributed by atoms with van der Waals surface area (Å²) in [5, 5.41) is 8.68. The molecule has 31 heavy (non-hydrogen) atoms. The summed E-state index contributed by atoms with van der Waals surface area (Å²) in [4.78, 5) is 15.5. The van der Waals surface area contributed by atoms with Crippen LogP contribution in [0.15, 0.2) is 59.6 Å². The van der Waals surface area contributed by atoms with Crippen LogP contribution in [0.25, 0.3) is 0 Å². The minimum Gasteiger partial charge on any atom is -0.478 e. The molecule has 0 amide bonds. The van der Waals surface area contributed by atoms with Gasteiger partial charge in [0.25, 0.3) is 0 Å². The Bertz CT molecular complexity index is 1110. The second-order valence-electron chi connectivity index (χ2n) is 6.23. The summed E-state index contributed by atoms with van der Waals surface area (Å²) in [6, 6.07) is 10.6. The van der Waals surface area contributed by atoms with E-state index in [-0.39, 0.29) is 28.0 Å². The van der Waals surface area contributed by atoms with Crippen molar-refractivity contribution in [2.75, 3.05) is 4.31 Å². The second kappa shape index (κ2) is 9.33. The quantitative estimate of drug-likeness (QED) is 0.299. The van der Waals surface area contributed by atoms with Gasteiger partial charge in [-0.05, 0) is 60.0 Å². The summed E-state index contributed by atoms with van der Waals surface area (Å²) in [6.45, 7) is 0.0729. The number of halogens is 6. The number of aromatic nitrogens is 1. The fourth-order valence-electron chi connectivity index (χ4n) is 2.51. The maximum atomic E-state index is 13.5. The Morgan fingerprint density at radius 3 is 2.29 bits per heavy atom. The predicted octanol–water partition coefficient (Wildman–Crippen LogP) is 6.96. The van der Waals surface area contributed by atoms with E-state index in [4.69, 9.17) is 28.3 Å². The average Bonchev–Trinajstić information content (AvgIpc) is 2.70. The average molecular weight is 491 g/mol. The predicted molar refractivity (Wildman–Crippen MR) is 111 cm³/mol. The molecule has 0 aliphatic carbocycles. The molecule has 1 N–H and O–H groups in total. The lowest BCUT2D eigenvalue weighted by molar-refractivity contribution is -0.137. The molecule has 0 fully saturated rings. The summed E-state index contributed by atoms with van der Waals surface area (Å²) in [5.41, 5.74) is -0.368. The number of benzene rings is 2. The number of carboxylic acids is 1. The third-order valence-corrected chi connectivity index (χ3v) is 5.59. The first-order valence-electron chi connectivity index (χ1n) is 8.50. The van der Waals surface area contributed by atoms with E-state index in [1.165, 1.54) is 46.8 Å². The molecule has 0 saturated carbocycles. The van der Waals surface area contributed by atoms with E-state index in [9.17, 15) is 22.4 Å². The van der Waals surface area contributed by atoms with Gasteiger partial charge in [0.15, 0.2) is 5.82 Å².